The van der Waals surface area contributed by atoms with Crippen LogP contribution in [0.1, 0.15) is 0 Å². The van der Waals surface area contributed by atoms with Gasteiger partial charge in [-0.3, -0.25) is 0 Å². The lowest BCUT2D eigenvalue weighted by Gasteiger charge is -2.27. The Morgan fingerprint density at radius 2 is 1.43 bits per heavy atom. The van der Waals surface area contributed by atoms with E-state index in [9.17, 15) is 26.3 Å². The lowest BCUT2D eigenvalue weighted by molar-refractivity contribution is -0.372. The molecule has 0 radical (unpaired) electrons. The molecule has 0 saturated heterocycles. The van der Waals surface area contributed by atoms with Crippen LogP contribution in [0.15, 0.2) is 0 Å². The predicted molar refractivity (Wildman–Crippen MR) is 42.3 cm³/mol. The number of nitrogens with zero attached hydrogens (tertiary/aromatic N) is 1. The van der Waals surface area contributed by atoms with Crippen molar-refractivity contribution in [2.45, 2.75) is 17.4 Å². The van der Waals surface area contributed by atoms with Crippen LogP contribution in [-0.4, -0.2) is 34.8 Å². The number of alkyl halides is 8. The second-order valence-corrected chi connectivity index (χ2v) is 3.90. The molecule has 0 N–H and O–H groups in total. The van der Waals surface area contributed by atoms with Gasteiger partial charge < -0.3 is 0 Å². The summed E-state index contributed by atoms with van der Waals surface area (Å²) in [5.41, 5.74) is 0. The Labute approximate surface area is 89.1 Å². The number of halogens is 8. The molecule has 9 heteroatoms. The summed E-state index contributed by atoms with van der Waals surface area (Å²) in [5.74, 6) is -0.345. The number of hydrogen-bond donors (Lipinski definition) is 0. The summed E-state index contributed by atoms with van der Waals surface area (Å²) in [6.45, 7) is -1.27. The Balaban J connectivity index is 4.59. The summed E-state index contributed by atoms with van der Waals surface area (Å²) < 4.78 is 71.1. The van der Waals surface area contributed by atoms with E-state index in [2.05, 4.69) is 15.9 Å². The van der Waals surface area contributed by atoms with Crippen molar-refractivity contribution in [1.82, 2.24) is 4.90 Å². The predicted octanol–water partition coefficient (Wildman–Crippen LogP) is 3.33. The van der Waals surface area contributed by atoms with E-state index in [1.54, 1.807) is 0 Å². The van der Waals surface area contributed by atoms with Crippen molar-refractivity contribution in [3.63, 3.8) is 0 Å². The van der Waals surface area contributed by atoms with E-state index in [0.29, 0.717) is 0 Å². The fraction of sp³-hybridized carbons (Fsp3) is 1.00. The average Bonchev–Trinajstić information content (AvgIpc) is 1.95. The van der Waals surface area contributed by atoms with Gasteiger partial charge in [0, 0.05) is 17.3 Å². The second-order valence-electron chi connectivity index (χ2n) is 2.30. The standard InChI is InChI=1S/C5H5BrClF6N/c6-3(1-7)2-14(4(8,9)10)5(11,12)13/h3H,1-2H2. The van der Waals surface area contributed by atoms with Gasteiger partial charge >= 0.3 is 12.6 Å². The summed E-state index contributed by atoms with van der Waals surface area (Å²) in [7, 11) is 0. The fourth-order valence-electron chi connectivity index (χ4n) is 0.598. The molecule has 0 bridgehead atoms. The van der Waals surface area contributed by atoms with Crippen LogP contribution in [0.3, 0.4) is 0 Å². The molecule has 0 amide bonds. The van der Waals surface area contributed by atoms with Gasteiger partial charge in [-0.25, -0.2) is 0 Å². The van der Waals surface area contributed by atoms with Gasteiger partial charge in [-0.05, 0) is 0 Å². The van der Waals surface area contributed by atoms with Crippen molar-refractivity contribution in [2.24, 2.45) is 0 Å². The first-order chi connectivity index (χ1) is 6.09. The molecule has 0 aromatic rings. The lowest BCUT2D eigenvalue weighted by Crippen LogP contribution is -2.50. The van der Waals surface area contributed by atoms with Crippen molar-refractivity contribution < 1.29 is 26.3 Å². The smallest absolute Gasteiger partial charge is 0.155 e. The highest BCUT2D eigenvalue weighted by Crippen LogP contribution is 2.34. The lowest BCUT2D eigenvalue weighted by atomic mass is 10.4. The average molecular weight is 308 g/mol. The Morgan fingerprint density at radius 3 is 1.64 bits per heavy atom. The Hall–Kier alpha value is 0.310. The number of rotatable bonds is 3. The maximum atomic E-state index is 11.9. The second kappa shape index (κ2) is 4.89. The first-order valence-electron chi connectivity index (χ1n) is 3.20. The van der Waals surface area contributed by atoms with E-state index in [4.69, 9.17) is 11.6 Å². The van der Waals surface area contributed by atoms with Gasteiger partial charge in [0.1, 0.15) is 0 Å². The van der Waals surface area contributed by atoms with Gasteiger partial charge in [-0.2, -0.15) is 26.3 Å². The maximum Gasteiger partial charge on any atom is 0.467 e. The Kier molecular flexibility index (Phi) is 5.00. The molecule has 14 heavy (non-hydrogen) atoms. The molecule has 1 unspecified atom stereocenters. The molecule has 0 saturated carbocycles. The molecule has 0 aliphatic heterocycles. The van der Waals surface area contributed by atoms with Gasteiger partial charge in [-0.1, -0.05) is 15.9 Å². The van der Waals surface area contributed by atoms with Crippen LogP contribution in [0, 0.1) is 0 Å². The van der Waals surface area contributed by atoms with Crippen molar-refractivity contribution in [2.75, 3.05) is 12.4 Å². The molecule has 1 nitrogen and oxygen atoms in total. The fourth-order valence-corrected chi connectivity index (χ4v) is 0.985. The van der Waals surface area contributed by atoms with E-state index in [1.165, 1.54) is 0 Å². The molecule has 0 rings (SSSR count). The van der Waals surface area contributed by atoms with Crippen LogP contribution in [-0.2, 0) is 0 Å². The summed E-state index contributed by atoms with van der Waals surface area (Å²) in [6.07, 6.45) is -10.9. The van der Waals surface area contributed by atoms with Gasteiger partial charge in [0.15, 0.2) is 0 Å². The van der Waals surface area contributed by atoms with E-state index in [0.717, 1.165) is 0 Å². The number of hydrogen-bond acceptors (Lipinski definition) is 1. The topological polar surface area (TPSA) is 3.24 Å². The highest BCUT2D eigenvalue weighted by atomic mass is 79.9. The highest BCUT2D eigenvalue weighted by Gasteiger charge is 2.53. The van der Waals surface area contributed by atoms with E-state index < -0.39 is 28.9 Å². The van der Waals surface area contributed by atoms with Crippen molar-refractivity contribution >= 4 is 27.5 Å². The molecular weight excluding hydrogens is 303 g/mol. The zero-order valence-corrected chi connectivity index (χ0v) is 8.80. The van der Waals surface area contributed by atoms with Gasteiger partial charge in [0.25, 0.3) is 0 Å². The van der Waals surface area contributed by atoms with Crippen LogP contribution in [0.4, 0.5) is 26.3 Å². The third kappa shape index (κ3) is 4.70. The van der Waals surface area contributed by atoms with Gasteiger partial charge in [0.2, 0.25) is 0 Å². The van der Waals surface area contributed by atoms with Crippen molar-refractivity contribution in [3.8, 4) is 0 Å². The largest absolute Gasteiger partial charge is 0.467 e. The maximum absolute atomic E-state index is 11.9. The minimum Gasteiger partial charge on any atom is -0.155 e. The molecule has 0 aromatic carbocycles. The molecule has 0 aliphatic rings. The van der Waals surface area contributed by atoms with Crippen LogP contribution in [0.2, 0.25) is 0 Å². The quantitative estimate of drug-likeness (QED) is 0.439. The van der Waals surface area contributed by atoms with Crippen LogP contribution in [0.25, 0.3) is 0 Å². The molecule has 1 atom stereocenters. The first kappa shape index (κ1) is 14.3. The summed E-state index contributed by atoms with van der Waals surface area (Å²) in [5, 5.41) is 0. The first-order valence-corrected chi connectivity index (χ1v) is 4.65. The minimum absolute atomic E-state index is 0.345. The van der Waals surface area contributed by atoms with E-state index in [-0.39, 0.29) is 5.88 Å². The molecule has 0 fully saturated rings. The molecular formula is C5H5BrClF6N. The third-order valence-electron chi connectivity index (χ3n) is 1.16. The van der Waals surface area contributed by atoms with Crippen LogP contribution >= 0.6 is 27.5 Å². The van der Waals surface area contributed by atoms with Crippen molar-refractivity contribution in [1.29, 1.82) is 0 Å². The summed E-state index contributed by atoms with van der Waals surface area (Å²) in [4.78, 5) is -2.60. The van der Waals surface area contributed by atoms with Crippen LogP contribution in [0.5, 0.6) is 0 Å². The van der Waals surface area contributed by atoms with Crippen molar-refractivity contribution in [3.05, 3.63) is 0 Å². The van der Waals surface area contributed by atoms with E-state index in [1.807, 2.05) is 0 Å². The zero-order chi connectivity index (χ0) is 11.6. The molecule has 0 aromatic heterocycles. The molecule has 0 aliphatic carbocycles. The van der Waals surface area contributed by atoms with E-state index >= 15 is 0 Å². The van der Waals surface area contributed by atoms with Gasteiger partial charge in [0.05, 0.1) is 0 Å². The monoisotopic (exact) mass is 307 g/mol. The summed E-state index contributed by atoms with van der Waals surface area (Å²) >= 11 is 7.68. The third-order valence-corrected chi connectivity index (χ3v) is 2.52. The Bertz CT molecular complexity index is 166. The minimum atomic E-state index is -5.45. The Morgan fingerprint density at radius 1 is 1.07 bits per heavy atom. The SMILES string of the molecule is FC(F)(F)N(CC(Br)CCl)C(F)(F)F. The molecule has 86 valence electrons. The van der Waals surface area contributed by atoms with Crippen LogP contribution < -0.4 is 0 Å². The zero-order valence-electron chi connectivity index (χ0n) is 6.46. The normalized spacial score (nSPS) is 16.1. The highest BCUT2D eigenvalue weighted by molar-refractivity contribution is 9.09. The summed E-state index contributed by atoms with van der Waals surface area (Å²) in [6, 6.07) is 0. The van der Waals surface area contributed by atoms with Gasteiger partial charge in [-0.15, -0.1) is 16.5 Å². The molecule has 0 spiro atoms. The molecule has 0 heterocycles.